The number of hydrogen-bond donors (Lipinski definition) is 0. The van der Waals surface area contributed by atoms with Gasteiger partial charge in [-0.1, -0.05) is 176 Å². The summed E-state index contributed by atoms with van der Waals surface area (Å²) in [6.45, 7) is 0. The van der Waals surface area contributed by atoms with Gasteiger partial charge in [0.1, 0.15) is 33.5 Å². The summed E-state index contributed by atoms with van der Waals surface area (Å²) in [5.41, 5.74) is 19.8. The molecule has 460 valence electrons. The third-order valence-corrected chi connectivity index (χ3v) is 19.8. The fraction of sp³-hybridized carbons (Fsp3) is 0.0233. The van der Waals surface area contributed by atoms with Gasteiger partial charge in [0.2, 0.25) is 0 Å². The summed E-state index contributed by atoms with van der Waals surface area (Å²) >= 11 is 0. The van der Waals surface area contributed by atoms with Gasteiger partial charge >= 0.3 is 0 Å². The zero-order valence-corrected chi connectivity index (χ0v) is 52.5. The van der Waals surface area contributed by atoms with Gasteiger partial charge in [0.05, 0.1) is 11.0 Å². The van der Waals surface area contributed by atoms with E-state index in [0.717, 1.165) is 156 Å². The molecule has 0 unspecified atom stereocenters. The largest absolute Gasteiger partial charge is 0.456 e. The van der Waals surface area contributed by atoms with E-state index in [0.29, 0.717) is 51.7 Å². The fourth-order valence-corrected chi connectivity index (χ4v) is 15.3. The number of fused-ring (bicyclic) bond motifs is 19. The smallest absolute Gasteiger partial charge is 0.164 e. The molecule has 9 aromatic heterocycles. The van der Waals surface area contributed by atoms with E-state index in [1.54, 1.807) is 6.20 Å². The first-order chi connectivity index (χ1) is 49.0. The predicted octanol–water partition coefficient (Wildman–Crippen LogP) is 21.0. The summed E-state index contributed by atoms with van der Waals surface area (Å²) in [6, 6.07) is 79.2. The minimum absolute atomic E-state index is 0.462. The summed E-state index contributed by atoms with van der Waals surface area (Å²) in [4.78, 5) is 51.8. The maximum Gasteiger partial charge on any atom is 0.164 e. The lowest BCUT2D eigenvalue weighted by Gasteiger charge is -2.22. The van der Waals surface area contributed by atoms with Crippen LogP contribution in [0.3, 0.4) is 0 Å². The number of aryl methyl sites for hydroxylation is 2. The highest BCUT2D eigenvalue weighted by Gasteiger charge is 2.27. The summed E-state index contributed by atoms with van der Waals surface area (Å²) in [5, 5.41) is 11.7. The van der Waals surface area contributed by atoms with Gasteiger partial charge < -0.3 is 13.3 Å². The molecule has 13 nitrogen and oxygen atoms in total. The van der Waals surface area contributed by atoms with Crippen molar-refractivity contribution in [2.45, 2.75) is 12.8 Å². The number of hydrogen-bond acceptors (Lipinski definition) is 13. The van der Waals surface area contributed by atoms with Crippen molar-refractivity contribution in [3.8, 4) is 102 Å². The summed E-state index contributed by atoms with van der Waals surface area (Å²) in [7, 11) is 0. The van der Waals surface area contributed by atoms with Crippen molar-refractivity contribution in [2.75, 3.05) is 0 Å². The molecule has 0 saturated heterocycles. The minimum atomic E-state index is 0.462. The van der Waals surface area contributed by atoms with Crippen LogP contribution >= 0.6 is 0 Å². The number of para-hydroxylation sites is 1. The second-order valence-corrected chi connectivity index (χ2v) is 25.3. The normalized spacial score (nSPS) is 12.4. The molecule has 0 saturated carbocycles. The molecule has 0 spiro atoms. The Kier molecular flexibility index (Phi) is 11.9. The van der Waals surface area contributed by atoms with Crippen LogP contribution in [-0.2, 0) is 12.8 Å². The topological polar surface area (TPSA) is 168 Å². The lowest BCUT2D eigenvalue weighted by atomic mass is 9.83. The lowest BCUT2D eigenvalue weighted by Crippen LogP contribution is -2.07. The summed E-state index contributed by atoms with van der Waals surface area (Å²) < 4.78 is 19.8. The van der Waals surface area contributed by atoms with Gasteiger partial charge in [-0.25, -0.2) is 29.9 Å². The molecule has 0 N–H and O–H groups in total. The molecule has 0 bridgehead atoms. The van der Waals surface area contributed by atoms with Gasteiger partial charge in [0, 0.05) is 125 Å². The Morgan fingerprint density at radius 1 is 0.263 bits per heavy atom. The van der Waals surface area contributed by atoms with E-state index >= 15 is 0 Å². The highest BCUT2D eigenvalue weighted by atomic mass is 16.3. The molecule has 21 rings (SSSR count). The van der Waals surface area contributed by atoms with Crippen molar-refractivity contribution in [3.63, 3.8) is 0 Å². The van der Waals surface area contributed by atoms with Crippen molar-refractivity contribution in [3.05, 3.63) is 279 Å². The van der Waals surface area contributed by atoms with Gasteiger partial charge in [-0.05, 0) is 123 Å². The second-order valence-electron chi connectivity index (χ2n) is 25.3. The van der Waals surface area contributed by atoms with Gasteiger partial charge in [0.25, 0.3) is 0 Å². The van der Waals surface area contributed by atoms with Crippen LogP contribution in [0.2, 0.25) is 0 Å². The Morgan fingerprint density at radius 3 is 1.65 bits per heavy atom. The van der Waals surface area contributed by atoms with E-state index in [2.05, 4.69) is 151 Å². The standard InChI is InChI=1S/C86H48N10O3/c1-3-16-53-48(12-1)31-33-57-55(53)35-36-58-60(37-41-90-79(57)58)82-93-84(63-20-9-25-73-76(63)68-45-87-40-38-71(68)98-73)95-85(94-82)64-21-10-26-74-77(64)69-46-88-44-67(80(69)99-74)50-29-27-47(28-30-50)51-14-7-15-52(42-51)81-91-83(62-19-8-24-72-75(62)61-18-5-6-23-70(61)97-72)96-86(92-81)66-43-65-54-17-4-2-13-49(54)32-34-59(65)78-56(66)22-11-39-89-78/h1-31,33,35-46H,32,34H2. The molecule has 0 aliphatic heterocycles. The zero-order chi connectivity index (χ0) is 64.8. The Morgan fingerprint density at radius 2 is 0.838 bits per heavy atom. The van der Waals surface area contributed by atoms with E-state index in [9.17, 15) is 0 Å². The molecule has 0 atom stereocenters. The van der Waals surface area contributed by atoms with Crippen molar-refractivity contribution in [1.82, 2.24) is 49.8 Å². The first kappa shape index (κ1) is 54.8. The first-order valence-electron chi connectivity index (χ1n) is 32.9. The van der Waals surface area contributed by atoms with Crippen molar-refractivity contribution in [1.29, 1.82) is 0 Å². The van der Waals surface area contributed by atoms with Crippen LogP contribution in [0.25, 0.3) is 211 Å². The average molecular weight is 1270 g/mol. The molecular weight excluding hydrogens is 1220 g/mol. The molecule has 13 heteroatoms. The molecule has 1 aliphatic carbocycles. The van der Waals surface area contributed by atoms with E-state index in [-0.39, 0.29) is 0 Å². The van der Waals surface area contributed by atoms with Crippen molar-refractivity contribution >= 4 is 109 Å². The van der Waals surface area contributed by atoms with E-state index in [4.69, 9.17) is 58.1 Å². The summed E-state index contributed by atoms with van der Waals surface area (Å²) in [5.74, 6) is 3.05. The molecule has 0 fully saturated rings. The highest BCUT2D eigenvalue weighted by molar-refractivity contribution is 6.19. The summed E-state index contributed by atoms with van der Waals surface area (Å²) in [6.07, 6.45) is 12.9. The maximum absolute atomic E-state index is 6.96. The molecule has 0 amide bonds. The molecular formula is C86H48N10O3. The Bertz CT molecular complexity index is 6830. The van der Waals surface area contributed by atoms with Gasteiger partial charge in [-0.15, -0.1) is 0 Å². The number of pyridine rings is 4. The number of benzene rings is 11. The third kappa shape index (κ3) is 8.60. The lowest BCUT2D eigenvalue weighted by molar-refractivity contribution is 0.668. The minimum Gasteiger partial charge on any atom is -0.456 e. The maximum atomic E-state index is 6.96. The first-order valence-corrected chi connectivity index (χ1v) is 32.9. The quantitative estimate of drug-likeness (QED) is 0.132. The van der Waals surface area contributed by atoms with Crippen LogP contribution in [0.5, 0.6) is 0 Å². The number of furan rings is 3. The Labute approximate surface area is 562 Å². The molecule has 0 radical (unpaired) electrons. The Hall–Kier alpha value is -13.5. The van der Waals surface area contributed by atoms with Crippen LogP contribution in [0, 0.1) is 0 Å². The zero-order valence-electron chi connectivity index (χ0n) is 52.5. The second kappa shape index (κ2) is 21.5. The monoisotopic (exact) mass is 1270 g/mol. The van der Waals surface area contributed by atoms with Crippen LogP contribution in [-0.4, -0.2) is 49.8 Å². The van der Waals surface area contributed by atoms with Crippen molar-refractivity contribution < 1.29 is 13.3 Å². The fourth-order valence-electron chi connectivity index (χ4n) is 15.3. The van der Waals surface area contributed by atoms with Gasteiger partial charge in [-0.2, -0.15) is 0 Å². The SMILES string of the molecule is c1cc(-c2ccc(-c3cncc4c3oc3cccc(-c5nc(-c6ccnc7c6ccc6c8ccccc8ccc67)nc(-c6cccc7oc8ccncc8c67)n5)c34)cc2)cc(-c2nc(-c3cc4c(c5ncccc35)CCc3ccccc3-4)nc(-c3cccc4oc5ccccc5c34)n2)c1. The van der Waals surface area contributed by atoms with Crippen molar-refractivity contribution in [2.24, 2.45) is 0 Å². The molecule has 11 aromatic carbocycles. The average Bonchev–Trinajstić information content (AvgIpc) is 1.70. The number of rotatable bonds is 8. The van der Waals surface area contributed by atoms with E-state index in [1.165, 1.54) is 27.5 Å². The van der Waals surface area contributed by atoms with E-state index in [1.807, 2.05) is 116 Å². The third-order valence-electron chi connectivity index (χ3n) is 19.8. The number of aromatic nitrogens is 10. The van der Waals surface area contributed by atoms with Crippen LogP contribution < -0.4 is 0 Å². The van der Waals surface area contributed by atoms with Crippen LogP contribution in [0.1, 0.15) is 11.1 Å². The molecule has 99 heavy (non-hydrogen) atoms. The van der Waals surface area contributed by atoms with Gasteiger partial charge in [-0.3, -0.25) is 19.9 Å². The van der Waals surface area contributed by atoms with Crippen LogP contribution in [0.15, 0.2) is 281 Å². The van der Waals surface area contributed by atoms with Crippen LogP contribution in [0.4, 0.5) is 0 Å². The Balaban J connectivity index is 0.682. The number of nitrogens with zero attached hydrogens (tertiary/aromatic N) is 10. The molecule has 9 heterocycles. The van der Waals surface area contributed by atoms with Gasteiger partial charge in [0.15, 0.2) is 34.9 Å². The highest BCUT2D eigenvalue weighted by Crippen LogP contribution is 2.46. The van der Waals surface area contributed by atoms with E-state index < -0.39 is 0 Å². The predicted molar refractivity (Wildman–Crippen MR) is 393 cm³/mol. The molecule has 1 aliphatic rings. The molecule has 20 aromatic rings.